The van der Waals surface area contributed by atoms with E-state index >= 15 is 0 Å². The third kappa shape index (κ3) is 5.25. The molecule has 3 heterocycles. The number of likely N-dealkylation sites (tertiary alicyclic amines) is 2. The lowest BCUT2D eigenvalue weighted by molar-refractivity contribution is -0.119. The molecule has 1 aromatic rings. The molecule has 2 fully saturated rings. The number of carbonyl (C=O) groups is 1. The molecule has 0 bridgehead atoms. The van der Waals surface area contributed by atoms with E-state index in [1.165, 1.54) is 12.8 Å². The molecule has 27 heavy (non-hydrogen) atoms. The van der Waals surface area contributed by atoms with Crippen LogP contribution >= 0.6 is 0 Å². The van der Waals surface area contributed by atoms with Crippen LogP contribution in [0.5, 0.6) is 0 Å². The summed E-state index contributed by atoms with van der Waals surface area (Å²) in [6.07, 6.45) is 5.05. The molecule has 7 nitrogen and oxygen atoms in total. The van der Waals surface area contributed by atoms with Gasteiger partial charge in [-0.15, -0.1) is 0 Å². The fourth-order valence-electron chi connectivity index (χ4n) is 4.32. The number of nitrogens with two attached hydrogens (primary N) is 1. The lowest BCUT2D eigenvalue weighted by Gasteiger charge is -2.35. The van der Waals surface area contributed by atoms with Crippen molar-refractivity contribution in [2.24, 2.45) is 16.6 Å². The van der Waals surface area contributed by atoms with Crippen molar-refractivity contribution in [1.82, 2.24) is 15.1 Å². The average molecular weight is 376 g/mol. The summed E-state index contributed by atoms with van der Waals surface area (Å²) >= 11 is 0. The maximum atomic E-state index is 11.3. The molecule has 0 spiro atoms. The lowest BCUT2D eigenvalue weighted by atomic mass is 9.95. The Hall–Kier alpha value is -2.02. The largest absolute Gasteiger partial charge is 0.465 e. The Labute approximate surface area is 162 Å². The van der Waals surface area contributed by atoms with E-state index < -0.39 is 0 Å². The van der Waals surface area contributed by atoms with E-state index in [0.717, 1.165) is 63.0 Å². The molecule has 2 aliphatic heterocycles. The standard InChI is InChI=1S/C20H33N5O2/c1-15-7-8-18(27-15)17(24-9-3-4-10-24)13-23-20(22-2)25-11-5-6-16(14-25)12-19(21)26/h7-8,16-17H,3-6,9-14H2,1-2H3,(H2,21,26)(H,22,23). The van der Waals surface area contributed by atoms with Gasteiger partial charge in [-0.05, 0) is 63.7 Å². The number of aryl methyl sites for hydroxylation is 1. The first-order valence-corrected chi connectivity index (χ1v) is 10.1. The van der Waals surface area contributed by atoms with Crippen molar-refractivity contribution in [3.63, 3.8) is 0 Å². The first-order chi connectivity index (χ1) is 13.1. The molecule has 2 saturated heterocycles. The highest BCUT2D eigenvalue weighted by atomic mass is 16.3. The van der Waals surface area contributed by atoms with Crippen molar-refractivity contribution >= 4 is 11.9 Å². The number of aliphatic imine (C=N–C) groups is 1. The van der Waals surface area contributed by atoms with Crippen molar-refractivity contribution in [3.8, 4) is 0 Å². The van der Waals surface area contributed by atoms with Gasteiger partial charge in [0, 0.05) is 33.1 Å². The minimum absolute atomic E-state index is 0.212. The number of amides is 1. The van der Waals surface area contributed by atoms with Gasteiger partial charge in [0.1, 0.15) is 11.5 Å². The van der Waals surface area contributed by atoms with Crippen molar-refractivity contribution in [3.05, 3.63) is 23.7 Å². The SMILES string of the molecule is CN=C(NCC(c1ccc(C)o1)N1CCCC1)N1CCCC(CC(N)=O)C1. The number of hydrogen-bond acceptors (Lipinski definition) is 4. The summed E-state index contributed by atoms with van der Waals surface area (Å²) in [5.74, 6) is 2.96. The zero-order chi connectivity index (χ0) is 19.2. The second kappa shape index (κ2) is 9.26. The topological polar surface area (TPSA) is 87.1 Å². The molecule has 2 atom stereocenters. The van der Waals surface area contributed by atoms with Gasteiger partial charge in [0.25, 0.3) is 0 Å². The maximum Gasteiger partial charge on any atom is 0.217 e. The van der Waals surface area contributed by atoms with Crippen LogP contribution in [0.15, 0.2) is 21.5 Å². The highest BCUT2D eigenvalue weighted by Gasteiger charge is 2.28. The number of carbonyl (C=O) groups excluding carboxylic acids is 1. The van der Waals surface area contributed by atoms with Crippen molar-refractivity contribution in [1.29, 1.82) is 0 Å². The number of primary amides is 1. The molecule has 1 aromatic heterocycles. The van der Waals surface area contributed by atoms with E-state index in [1.807, 2.05) is 20.0 Å². The number of rotatable bonds is 6. The van der Waals surface area contributed by atoms with Crippen LogP contribution in [0, 0.1) is 12.8 Å². The monoisotopic (exact) mass is 375 g/mol. The molecule has 3 N–H and O–H groups in total. The zero-order valence-corrected chi connectivity index (χ0v) is 16.6. The molecule has 3 rings (SSSR count). The van der Waals surface area contributed by atoms with Crippen LogP contribution in [0.1, 0.15) is 49.7 Å². The summed E-state index contributed by atoms with van der Waals surface area (Å²) in [6.45, 7) is 6.75. The van der Waals surface area contributed by atoms with Crippen LogP contribution in [0.25, 0.3) is 0 Å². The van der Waals surface area contributed by atoms with E-state index in [2.05, 4.69) is 26.2 Å². The Morgan fingerprint density at radius 3 is 2.74 bits per heavy atom. The first-order valence-electron chi connectivity index (χ1n) is 10.1. The number of guanidine groups is 1. The molecule has 150 valence electrons. The van der Waals surface area contributed by atoms with Crippen LogP contribution in [0.2, 0.25) is 0 Å². The second-order valence-corrected chi connectivity index (χ2v) is 7.76. The minimum atomic E-state index is -0.216. The number of nitrogens with one attached hydrogen (secondary N) is 1. The van der Waals surface area contributed by atoms with Crippen LogP contribution in [-0.4, -0.2) is 61.4 Å². The predicted molar refractivity (Wildman–Crippen MR) is 106 cm³/mol. The Morgan fingerprint density at radius 2 is 2.11 bits per heavy atom. The molecule has 7 heteroatoms. The van der Waals surface area contributed by atoms with Gasteiger partial charge in [-0.25, -0.2) is 0 Å². The Bertz CT molecular complexity index is 651. The smallest absolute Gasteiger partial charge is 0.217 e. The summed E-state index contributed by atoms with van der Waals surface area (Å²) in [6, 6.07) is 4.34. The summed E-state index contributed by atoms with van der Waals surface area (Å²) in [5.41, 5.74) is 5.39. The normalized spacial score (nSPS) is 22.8. The van der Waals surface area contributed by atoms with Crippen molar-refractivity contribution < 1.29 is 9.21 Å². The van der Waals surface area contributed by atoms with Crippen LogP contribution in [-0.2, 0) is 4.79 Å². The number of piperidine rings is 1. The van der Waals surface area contributed by atoms with E-state index in [-0.39, 0.29) is 11.9 Å². The van der Waals surface area contributed by atoms with E-state index in [9.17, 15) is 4.79 Å². The van der Waals surface area contributed by atoms with Gasteiger partial charge in [0.15, 0.2) is 5.96 Å². The Balaban J connectivity index is 1.63. The quantitative estimate of drug-likeness (QED) is 0.586. The molecule has 2 unspecified atom stereocenters. The van der Waals surface area contributed by atoms with Crippen LogP contribution in [0.4, 0.5) is 0 Å². The van der Waals surface area contributed by atoms with Crippen LogP contribution in [0.3, 0.4) is 0 Å². The van der Waals surface area contributed by atoms with Gasteiger partial charge < -0.3 is 20.4 Å². The van der Waals surface area contributed by atoms with Crippen molar-refractivity contribution in [2.75, 3.05) is 39.8 Å². The van der Waals surface area contributed by atoms with Gasteiger partial charge in [0.2, 0.25) is 5.91 Å². The minimum Gasteiger partial charge on any atom is -0.465 e. The highest BCUT2D eigenvalue weighted by molar-refractivity contribution is 5.80. The van der Waals surface area contributed by atoms with Gasteiger partial charge in [-0.3, -0.25) is 14.7 Å². The first kappa shape index (κ1) is 19.7. The Kier molecular flexibility index (Phi) is 6.77. The van der Waals surface area contributed by atoms with Crippen molar-refractivity contribution in [2.45, 2.75) is 45.1 Å². The highest BCUT2D eigenvalue weighted by Crippen LogP contribution is 2.26. The average Bonchev–Trinajstić information content (AvgIpc) is 3.30. The second-order valence-electron chi connectivity index (χ2n) is 7.76. The fourth-order valence-corrected chi connectivity index (χ4v) is 4.32. The molecule has 0 aliphatic carbocycles. The Morgan fingerprint density at radius 1 is 1.33 bits per heavy atom. The van der Waals surface area contributed by atoms with Gasteiger partial charge in [0.05, 0.1) is 6.04 Å². The summed E-state index contributed by atoms with van der Waals surface area (Å²) in [7, 11) is 1.82. The summed E-state index contributed by atoms with van der Waals surface area (Å²) in [4.78, 5) is 20.5. The van der Waals surface area contributed by atoms with Gasteiger partial charge >= 0.3 is 0 Å². The number of furan rings is 1. The predicted octanol–water partition coefficient (Wildman–Crippen LogP) is 1.89. The number of hydrogen-bond donors (Lipinski definition) is 2. The summed E-state index contributed by atoms with van der Waals surface area (Å²) < 4.78 is 5.94. The molecule has 1 amide bonds. The molecular formula is C20H33N5O2. The molecule has 2 aliphatic rings. The fraction of sp³-hybridized carbons (Fsp3) is 0.700. The van der Waals surface area contributed by atoms with Gasteiger partial charge in [-0.2, -0.15) is 0 Å². The summed E-state index contributed by atoms with van der Waals surface area (Å²) in [5, 5.41) is 3.56. The maximum absolute atomic E-state index is 11.3. The van der Waals surface area contributed by atoms with E-state index in [1.54, 1.807) is 0 Å². The molecular weight excluding hydrogens is 342 g/mol. The zero-order valence-electron chi connectivity index (χ0n) is 16.6. The van der Waals surface area contributed by atoms with Gasteiger partial charge in [-0.1, -0.05) is 0 Å². The lowest BCUT2D eigenvalue weighted by Crippen LogP contribution is -2.49. The molecule has 0 radical (unpaired) electrons. The van der Waals surface area contributed by atoms with E-state index in [0.29, 0.717) is 12.3 Å². The third-order valence-electron chi connectivity index (χ3n) is 5.64. The third-order valence-corrected chi connectivity index (χ3v) is 5.64. The van der Waals surface area contributed by atoms with E-state index in [4.69, 9.17) is 10.2 Å². The number of nitrogens with zero attached hydrogens (tertiary/aromatic N) is 3. The van der Waals surface area contributed by atoms with Crippen LogP contribution < -0.4 is 11.1 Å². The molecule has 0 aromatic carbocycles. The molecule has 0 saturated carbocycles.